The number of hydrogen-bond donors (Lipinski definition) is 2. The molecule has 38 heavy (non-hydrogen) atoms. The summed E-state index contributed by atoms with van der Waals surface area (Å²) in [6.07, 6.45) is 2.97. The van der Waals surface area contributed by atoms with E-state index in [9.17, 15) is 18.4 Å². The standard InChI is InChI=1S/C26H26ClF2N5O3S/c1-33(2)26(36)37-14-22(16-5-6-21(27)20(11-16)23-31-7-8-38-23)34(25(30)32-13-15-3-4-15)24(35)17-9-18(28)12-19(29)10-17/h5-12,15,22H,3-4,13-14H2,1-2H3,(H2,30,32)/t22-/m1/s1. The number of ether oxygens (including phenoxy) is 1. The second-order valence-electron chi connectivity index (χ2n) is 9.07. The van der Waals surface area contributed by atoms with E-state index in [4.69, 9.17) is 21.7 Å². The monoisotopic (exact) mass is 561 g/mol. The number of benzene rings is 2. The van der Waals surface area contributed by atoms with E-state index in [-0.39, 0.29) is 18.1 Å². The number of guanidine groups is 1. The summed E-state index contributed by atoms with van der Waals surface area (Å²) in [6.45, 7) is 0.113. The number of carbonyl (C=O) groups excluding carboxylic acids is 2. The van der Waals surface area contributed by atoms with Gasteiger partial charge in [-0.1, -0.05) is 17.7 Å². The van der Waals surface area contributed by atoms with E-state index in [0.717, 1.165) is 29.9 Å². The van der Waals surface area contributed by atoms with E-state index < -0.39 is 29.7 Å². The first kappa shape index (κ1) is 27.5. The zero-order valence-electron chi connectivity index (χ0n) is 20.7. The van der Waals surface area contributed by atoms with Crippen molar-refractivity contribution in [2.45, 2.75) is 18.9 Å². The fourth-order valence-corrected chi connectivity index (χ4v) is 4.66. The molecule has 1 heterocycles. The Bertz CT molecular complexity index is 1310. The number of hydrogen-bond acceptors (Lipinski definition) is 6. The lowest BCUT2D eigenvalue weighted by molar-refractivity contribution is 0.0653. The van der Waals surface area contributed by atoms with E-state index in [1.807, 2.05) is 0 Å². The maximum absolute atomic E-state index is 14.1. The third-order valence-corrected chi connectivity index (χ3v) is 7.04. The molecule has 0 radical (unpaired) electrons. The molecule has 1 aliphatic carbocycles. The zero-order chi connectivity index (χ0) is 27.4. The Morgan fingerprint density at radius 2 is 1.92 bits per heavy atom. The maximum atomic E-state index is 14.1. The van der Waals surface area contributed by atoms with Crippen molar-refractivity contribution in [2.75, 3.05) is 27.2 Å². The average molecular weight is 562 g/mol. The van der Waals surface area contributed by atoms with Crippen molar-refractivity contribution >= 4 is 40.9 Å². The minimum absolute atomic E-state index is 0.289. The summed E-state index contributed by atoms with van der Waals surface area (Å²) < 4.78 is 33.6. The van der Waals surface area contributed by atoms with Crippen molar-refractivity contribution in [1.82, 2.24) is 20.1 Å². The summed E-state index contributed by atoms with van der Waals surface area (Å²) in [5, 5.41) is 14.6. The Labute approximate surface area is 227 Å². The average Bonchev–Trinajstić information content (AvgIpc) is 3.55. The molecule has 0 bridgehead atoms. The van der Waals surface area contributed by atoms with Crippen LogP contribution in [0, 0.1) is 23.0 Å². The van der Waals surface area contributed by atoms with Crippen LogP contribution in [0.4, 0.5) is 13.6 Å². The summed E-state index contributed by atoms with van der Waals surface area (Å²) in [6, 6.07) is 6.40. The van der Waals surface area contributed by atoms with E-state index in [2.05, 4.69) is 10.3 Å². The molecule has 0 unspecified atom stereocenters. The molecule has 8 nitrogen and oxygen atoms in total. The Kier molecular flexibility index (Phi) is 8.58. The van der Waals surface area contributed by atoms with Crippen LogP contribution in [-0.2, 0) is 4.74 Å². The number of amides is 2. The number of rotatable bonds is 8. The molecule has 12 heteroatoms. The van der Waals surface area contributed by atoms with Gasteiger partial charge in [-0.05, 0) is 48.6 Å². The molecular weight excluding hydrogens is 536 g/mol. The minimum Gasteiger partial charge on any atom is -0.447 e. The van der Waals surface area contributed by atoms with Gasteiger partial charge in [0.2, 0.25) is 0 Å². The Balaban J connectivity index is 1.79. The molecule has 4 rings (SSSR count). The van der Waals surface area contributed by atoms with Crippen LogP contribution in [0.1, 0.15) is 34.8 Å². The molecule has 0 spiro atoms. The van der Waals surface area contributed by atoms with Crippen molar-refractivity contribution in [2.24, 2.45) is 5.92 Å². The van der Waals surface area contributed by atoms with Crippen LogP contribution in [-0.4, -0.2) is 60.0 Å². The second-order valence-corrected chi connectivity index (χ2v) is 10.4. The van der Waals surface area contributed by atoms with E-state index in [0.29, 0.717) is 39.7 Å². The van der Waals surface area contributed by atoms with Gasteiger partial charge in [0.15, 0.2) is 5.96 Å². The van der Waals surface area contributed by atoms with Gasteiger partial charge in [0, 0.05) is 49.4 Å². The molecule has 2 aromatic carbocycles. The fourth-order valence-electron chi connectivity index (χ4n) is 3.73. The molecule has 2 N–H and O–H groups in total. The number of halogens is 3. The number of carbonyl (C=O) groups is 2. The molecule has 0 saturated heterocycles. The van der Waals surface area contributed by atoms with E-state index in [1.165, 1.54) is 30.3 Å². The highest BCUT2D eigenvalue weighted by Gasteiger charge is 2.33. The summed E-state index contributed by atoms with van der Waals surface area (Å²) in [5.74, 6) is -2.62. The number of nitrogens with one attached hydrogen (secondary N) is 2. The molecule has 1 fully saturated rings. The van der Waals surface area contributed by atoms with E-state index >= 15 is 0 Å². The summed E-state index contributed by atoms with van der Waals surface area (Å²) >= 11 is 7.81. The lowest BCUT2D eigenvalue weighted by atomic mass is 10.0. The number of thiazole rings is 1. The topological polar surface area (TPSA) is 98.6 Å². The Morgan fingerprint density at radius 1 is 1.21 bits per heavy atom. The highest BCUT2D eigenvalue weighted by atomic mass is 35.5. The number of nitrogens with zero attached hydrogens (tertiary/aromatic N) is 3. The van der Waals surface area contributed by atoms with Gasteiger partial charge >= 0.3 is 6.09 Å². The van der Waals surface area contributed by atoms with Gasteiger partial charge in [-0.3, -0.25) is 15.1 Å². The van der Waals surface area contributed by atoms with Crippen molar-refractivity contribution < 1.29 is 23.1 Å². The van der Waals surface area contributed by atoms with Crippen LogP contribution < -0.4 is 5.32 Å². The first-order chi connectivity index (χ1) is 18.1. The van der Waals surface area contributed by atoms with Gasteiger partial charge in [0.1, 0.15) is 23.2 Å². The smallest absolute Gasteiger partial charge is 0.409 e. The molecular formula is C26H26ClF2N5O3S. The van der Waals surface area contributed by atoms with Gasteiger partial charge in [-0.15, -0.1) is 11.3 Å². The largest absolute Gasteiger partial charge is 0.447 e. The van der Waals surface area contributed by atoms with Crippen molar-refractivity contribution in [3.05, 3.63) is 75.8 Å². The van der Waals surface area contributed by atoms with Crippen LogP contribution in [0.15, 0.2) is 48.0 Å². The molecule has 2 amide bonds. The Morgan fingerprint density at radius 3 is 2.53 bits per heavy atom. The molecule has 1 aromatic heterocycles. The molecule has 3 aromatic rings. The van der Waals surface area contributed by atoms with Gasteiger partial charge in [0.05, 0.1) is 11.1 Å². The van der Waals surface area contributed by atoms with Crippen molar-refractivity contribution in [1.29, 1.82) is 5.41 Å². The quantitative estimate of drug-likeness (QED) is 0.277. The van der Waals surface area contributed by atoms with Crippen LogP contribution in [0.3, 0.4) is 0 Å². The molecule has 200 valence electrons. The zero-order valence-corrected chi connectivity index (χ0v) is 22.3. The number of aromatic nitrogens is 1. The summed E-state index contributed by atoms with van der Waals surface area (Å²) in [4.78, 5) is 32.7. The first-order valence-corrected chi connectivity index (χ1v) is 13.0. The van der Waals surface area contributed by atoms with Gasteiger partial charge in [0.25, 0.3) is 5.91 Å². The lowest BCUT2D eigenvalue weighted by Gasteiger charge is -2.33. The highest BCUT2D eigenvalue weighted by Crippen LogP contribution is 2.34. The van der Waals surface area contributed by atoms with Gasteiger partial charge < -0.3 is 15.0 Å². The third kappa shape index (κ3) is 6.65. The second kappa shape index (κ2) is 11.9. The molecule has 0 aliphatic heterocycles. The third-order valence-electron chi connectivity index (χ3n) is 5.90. The highest BCUT2D eigenvalue weighted by molar-refractivity contribution is 7.13. The van der Waals surface area contributed by atoms with Crippen molar-refractivity contribution in [3.8, 4) is 10.6 Å². The van der Waals surface area contributed by atoms with Crippen molar-refractivity contribution in [3.63, 3.8) is 0 Å². The predicted octanol–water partition coefficient (Wildman–Crippen LogP) is 5.56. The molecule has 1 saturated carbocycles. The molecule has 1 aliphatic rings. The SMILES string of the molecule is CN(C)C(=O)OC[C@H](c1ccc(Cl)c(-c2nccs2)c1)N(C(=N)NCC1CC1)C(=O)c1cc(F)cc(F)c1. The lowest BCUT2D eigenvalue weighted by Crippen LogP contribution is -2.48. The predicted molar refractivity (Wildman–Crippen MR) is 141 cm³/mol. The summed E-state index contributed by atoms with van der Waals surface area (Å²) in [7, 11) is 3.02. The molecule has 1 atom stereocenters. The van der Waals surface area contributed by atoms with Gasteiger partial charge in [-0.25, -0.2) is 18.6 Å². The first-order valence-electron chi connectivity index (χ1n) is 11.8. The van der Waals surface area contributed by atoms with E-state index in [1.54, 1.807) is 29.8 Å². The van der Waals surface area contributed by atoms with Crippen LogP contribution in [0.2, 0.25) is 5.02 Å². The van der Waals surface area contributed by atoms with Crippen LogP contribution in [0.5, 0.6) is 0 Å². The fraction of sp³-hybridized carbons (Fsp3) is 0.308. The Hall–Kier alpha value is -3.57. The van der Waals surface area contributed by atoms with Crippen LogP contribution in [0.25, 0.3) is 10.6 Å². The maximum Gasteiger partial charge on any atom is 0.409 e. The normalized spacial score (nSPS) is 13.5. The summed E-state index contributed by atoms with van der Waals surface area (Å²) in [5.41, 5.74) is 0.776. The minimum atomic E-state index is -1.03. The van der Waals surface area contributed by atoms with Gasteiger partial charge in [-0.2, -0.15) is 0 Å². The van der Waals surface area contributed by atoms with Crippen LogP contribution >= 0.6 is 22.9 Å².